The van der Waals surface area contributed by atoms with Gasteiger partial charge in [0.05, 0.1) is 10.7 Å². The highest BCUT2D eigenvalue weighted by atomic mass is 32.1. The molecule has 1 saturated heterocycles. The number of piperidine rings is 1. The van der Waals surface area contributed by atoms with Crippen molar-refractivity contribution in [2.75, 3.05) is 0 Å². The number of aryl methyl sites for hydroxylation is 3. The van der Waals surface area contributed by atoms with Crippen LogP contribution in [0.15, 0.2) is 0 Å². The Hall–Kier alpha value is -0.900. The first kappa shape index (κ1) is 14.5. The third kappa shape index (κ3) is 3.35. The zero-order chi connectivity index (χ0) is 14.0. The largest absolute Gasteiger partial charge is 0.337 e. The predicted molar refractivity (Wildman–Crippen MR) is 79.5 cm³/mol. The number of hydrogen-bond acceptors (Lipinski definition) is 3. The van der Waals surface area contributed by atoms with Crippen LogP contribution in [0.2, 0.25) is 0 Å². The fraction of sp³-hybridized carbons (Fsp3) is 0.733. The molecule has 0 saturated carbocycles. The molecule has 2 unspecified atom stereocenters. The number of likely N-dealkylation sites (tertiary alicyclic amines) is 1. The van der Waals surface area contributed by atoms with Gasteiger partial charge in [-0.2, -0.15) is 0 Å². The van der Waals surface area contributed by atoms with Crippen LogP contribution >= 0.6 is 11.3 Å². The molecule has 0 bridgehead atoms. The van der Waals surface area contributed by atoms with E-state index < -0.39 is 0 Å². The molecule has 1 aliphatic rings. The van der Waals surface area contributed by atoms with E-state index in [0.29, 0.717) is 24.4 Å². The zero-order valence-corrected chi connectivity index (χ0v) is 13.2. The molecule has 0 radical (unpaired) electrons. The van der Waals surface area contributed by atoms with E-state index in [-0.39, 0.29) is 0 Å². The standard InChI is InChI=1S/C15H24N2OS/c1-10-6-5-7-11(2)17(10)15(18)9-8-14-12(3)16-13(4)19-14/h10-11H,5-9H2,1-4H3. The van der Waals surface area contributed by atoms with Crippen LogP contribution in [0.3, 0.4) is 0 Å². The molecule has 2 rings (SSSR count). The minimum absolute atomic E-state index is 0.310. The van der Waals surface area contributed by atoms with Crippen molar-refractivity contribution >= 4 is 17.2 Å². The van der Waals surface area contributed by atoms with Gasteiger partial charge in [0.1, 0.15) is 0 Å². The Morgan fingerprint density at radius 3 is 2.47 bits per heavy atom. The Kier molecular flexibility index (Phi) is 4.61. The molecular formula is C15H24N2OS. The van der Waals surface area contributed by atoms with Gasteiger partial charge in [0.2, 0.25) is 5.91 Å². The minimum atomic E-state index is 0.310. The van der Waals surface area contributed by atoms with Gasteiger partial charge in [0.25, 0.3) is 0 Å². The third-order valence-corrected chi connectivity index (χ3v) is 5.18. The molecule has 1 aromatic heterocycles. The van der Waals surface area contributed by atoms with E-state index in [1.807, 2.05) is 13.8 Å². The summed E-state index contributed by atoms with van der Waals surface area (Å²) in [6.45, 7) is 8.42. The van der Waals surface area contributed by atoms with Crippen molar-refractivity contribution in [3.05, 3.63) is 15.6 Å². The predicted octanol–water partition coefficient (Wildman–Crippen LogP) is 3.48. The SMILES string of the molecule is Cc1nc(C)c(CCC(=O)N2C(C)CCCC2C)s1. The van der Waals surface area contributed by atoms with Gasteiger partial charge in [-0.25, -0.2) is 4.98 Å². The Balaban J connectivity index is 1.95. The average Bonchev–Trinajstić information content (AvgIpc) is 2.65. The van der Waals surface area contributed by atoms with E-state index in [9.17, 15) is 4.79 Å². The molecule has 0 aromatic carbocycles. The average molecular weight is 280 g/mol. The van der Waals surface area contributed by atoms with Crippen molar-refractivity contribution in [3.63, 3.8) is 0 Å². The van der Waals surface area contributed by atoms with Crippen LogP contribution in [0, 0.1) is 13.8 Å². The van der Waals surface area contributed by atoms with Crippen LogP contribution in [0.1, 0.15) is 55.1 Å². The molecular weight excluding hydrogens is 256 g/mol. The number of carbonyl (C=O) groups is 1. The molecule has 2 atom stereocenters. The highest BCUT2D eigenvalue weighted by molar-refractivity contribution is 7.11. The van der Waals surface area contributed by atoms with Gasteiger partial charge in [-0.3, -0.25) is 4.79 Å². The first-order valence-corrected chi connectivity index (χ1v) is 8.04. The number of carbonyl (C=O) groups excluding carboxylic acids is 1. The third-order valence-electron chi connectivity index (χ3n) is 4.05. The van der Waals surface area contributed by atoms with Crippen molar-refractivity contribution < 1.29 is 4.79 Å². The van der Waals surface area contributed by atoms with Crippen LogP contribution in [0.25, 0.3) is 0 Å². The Morgan fingerprint density at radius 2 is 1.95 bits per heavy atom. The number of hydrogen-bond donors (Lipinski definition) is 0. The fourth-order valence-electron chi connectivity index (χ4n) is 3.07. The van der Waals surface area contributed by atoms with Crippen LogP contribution in [-0.2, 0) is 11.2 Å². The van der Waals surface area contributed by atoms with Crippen LogP contribution in [0.4, 0.5) is 0 Å². The van der Waals surface area contributed by atoms with E-state index >= 15 is 0 Å². The maximum atomic E-state index is 12.4. The van der Waals surface area contributed by atoms with E-state index in [1.165, 1.54) is 11.3 Å². The maximum absolute atomic E-state index is 12.4. The van der Waals surface area contributed by atoms with Crippen molar-refractivity contribution in [1.82, 2.24) is 9.88 Å². The number of amides is 1. The number of aromatic nitrogens is 1. The lowest BCUT2D eigenvalue weighted by Crippen LogP contribution is -2.47. The van der Waals surface area contributed by atoms with Crippen LogP contribution in [0.5, 0.6) is 0 Å². The molecule has 4 heteroatoms. The highest BCUT2D eigenvalue weighted by Crippen LogP contribution is 2.25. The summed E-state index contributed by atoms with van der Waals surface area (Å²) in [5.74, 6) is 0.310. The summed E-state index contributed by atoms with van der Waals surface area (Å²) >= 11 is 1.72. The molecule has 3 nitrogen and oxygen atoms in total. The summed E-state index contributed by atoms with van der Waals surface area (Å²) in [6.07, 6.45) is 5.01. The Labute approximate surface area is 120 Å². The summed E-state index contributed by atoms with van der Waals surface area (Å²) in [5, 5.41) is 1.10. The second kappa shape index (κ2) is 6.04. The lowest BCUT2D eigenvalue weighted by Gasteiger charge is -2.39. The van der Waals surface area contributed by atoms with Crippen molar-refractivity contribution in [2.45, 2.75) is 71.9 Å². The molecule has 106 valence electrons. The second-order valence-corrected chi connectivity index (χ2v) is 6.96. The summed E-state index contributed by atoms with van der Waals surface area (Å²) in [5.41, 5.74) is 1.09. The Morgan fingerprint density at radius 1 is 1.32 bits per heavy atom. The van der Waals surface area contributed by atoms with E-state index in [0.717, 1.165) is 30.0 Å². The van der Waals surface area contributed by atoms with Gasteiger partial charge in [-0.1, -0.05) is 0 Å². The first-order chi connectivity index (χ1) is 8.99. The van der Waals surface area contributed by atoms with Crippen molar-refractivity contribution in [1.29, 1.82) is 0 Å². The topological polar surface area (TPSA) is 33.2 Å². The maximum Gasteiger partial charge on any atom is 0.223 e. The van der Waals surface area contributed by atoms with E-state index in [1.54, 1.807) is 11.3 Å². The summed E-state index contributed by atoms with van der Waals surface area (Å²) in [7, 11) is 0. The van der Waals surface area contributed by atoms with Crippen molar-refractivity contribution in [3.8, 4) is 0 Å². The van der Waals surface area contributed by atoms with Gasteiger partial charge in [-0.15, -0.1) is 11.3 Å². The van der Waals surface area contributed by atoms with Crippen LogP contribution in [-0.4, -0.2) is 27.9 Å². The van der Waals surface area contributed by atoms with E-state index in [2.05, 4.69) is 23.7 Å². The Bertz CT molecular complexity index is 445. The smallest absolute Gasteiger partial charge is 0.223 e. The number of thiazole rings is 1. The molecule has 1 fully saturated rings. The lowest BCUT2D eigenvalue weighted by atomic mass is 9.97. The monoisotopic (exact) mass is 280 g/mol. The molecule has 0 spiro atoms. The quantitative estimate of drug-likeness (QED) is 0.849. The van der Waals surface area contributed by atoms with Gasteiger partial charge >= 0.3 is 0 Å². The molecule has 1 amide bonds. The van der Waals surface area contributed by atoms with Crippen LogP contribution < -0.4 is 0 Å². The highest BCUT2D eigenvalue weighted by Gasteiger charge is 2.28. The molecule has 0 aliphatic carbocycles. The summed E-state index contributed by atoms with van der Waals surface area (Å²) in [4.78, 5) is 20.2. The normalized spacial score (nSPS) is 23.7. The molecule has 2 heterocycles. The first-order valence-electron chi connectivity index (χ1n) is 7.23. The minimum Gasteiger partial charge on any atom is -0.337 e. The van der Waals surface area contributed by atoms with E-state index in [4.69, 9.17) is 0 Å². The number of rotatable bonds is 3. The van der Waals surface area contributed by atoms with Gasteiger partial charge < -0.3 is 4.90 Å². The molecule has 19 heavy (non-hydrogen) atoms. The lowest BCUT2D eigenvalue weighted by molar-refractivity contribution is -0.137. The van der Waals surface area contributed by atoms with Crippen molar-refractivity contribution in [2.24, 2.45) is 0 Å². The molecule has 0 N–H and O–H groups in total. The molecule has 1 aliphatic heterocycles. The fourth-order valence-corrected chi connectivity index (χ4v) is 4.00. The van der Waals surface area contributed by atoms with Gasteiger partial charge in [0, 0.05) is 23.4 Å². The second-order valence-electron chi connectivity index (χ2n) is 5.67. The number of nitrogens with zero attached hydrogens (tertiary/aromatic N) is 2. The van der Waals surface area contributed by atoms with Gasteiger partial charge in [0.15, 0.2) is 0 Å². The molecule has 1 aromatic rings. The summed E-state index contributed by atoms with van der Waals surface area (Å²) in [6, 6.07) is 0.807. The van der Waals surface area contributed by atoms with Gasteiger partial charge in [-0.05, 0) is 53.4 Å². The zero-order valence-electron chi connectivity index (χ0n) is 12.4. The summed E-state index contributed by atoms with van der Waals surface area (Å²) < 4.78 is 0.